The first-order valence-corrected chi connectivity index (χ1v) is 7.63. The van der Waals surface area contributed by atoms with Crippen LogP contribution in [0.5, 0.6) is 0 Å². The lowest BCUT2D eigenvalue weighted by Crippen LogP contribution is -2.31. The number of aliphatic hydroxyl groups excluding tert-OH is 1. The standard InChI is InChI=1S/C14H17BrClNO2/c15-13-5-4-11(16)6-12(13)14(19)17-7-9-2-1-3-10(9)8-18/h4-6,9-10,18H,1-3,7-8H2,(H,17,19). The summed E-state index contributed by atoms with van der Waals surface area (Å²) in [4.78, 5) is 12.1. The van der Waals surface area contributed by atoms with Crippen molar-refractivity contribution in [3.05, 3.63) is 33.3 Å². The van der Waals surface area contributed by atoms with Gasteiger partial charge in [0.05, 0.1) is 5.56 Å². The van der Waals surface area contributed by atoms with Crippen molar-refractivity contribution >= 4 is 33.4 Å². The molecule has 19 heavy (non-hydrogen) atoms. The Kier molecular flexibility index (Phi) is 5.25. The molecule has 2 unspecified atom stereocenters. The van der Waals surface area contributed by atoms with E-state index in [9.17, 15) is 9.90 Å². The predicted molar refractivity (Wildman–Crippen MR) is 79.4 cm³/mol. The molecule has 0 radical (unpaired) electrons. The Bertz CT molecular complexity index is 467. The largest absolute Gasteiger partial charge is 0.396 e. The maximum absolute atomic E-state index is 12.1. The van der Waals surface area contributed by atoms with Gasteiger partial charge >= 0.3 is 0 Å². The Balaban J connectivity index is 1.96. The lowest BCUT2D eigenvalue weighted by molar-refractivity contribution is 0.0937. The average molecular weight is 347 g/mol. The van der Waals surface area contributed by atoms with Crippen LogP contribution in [0.2, 0.25) is 5.02 Å². The number of halogens is 2. The zero-order valence-electron chi connectivity index (χ0n) is 10.5. The molecule has 1 aromatic carbocycles. The van der Waals surface area contributed by atoms with Crippen molar-refractivity contribution in [3.8, 4) is 0 Å². The molecule has 0 heterocycles. The maximum Gasteiger partial charge on any atom is 0.252 e. The van der Waals surface area contributed by atoms with E-state index < -0.39 is 0 Å². The molecular weight excluding hydrogens is 330 g/mol. The van der Waals surface area contributed by atoms with E-state index in [1.165, 1.54) is 0 Å². The van der Waals surface area contributed by atoms with Crippen LogP contribution in [-0.2, 0) is 0 Å². The summed E-state index contributed by atoms with van der Waals surface area (Å²) in [5.74, 6) is 0.577. The molecule has 1 aliphatic carbocycles. The highest BCUT2D eigenvalue weighted by Crippen LogP contribution is 2.30. The van der Waals surface area contributed by atoms with Crippen LogP contribution in [-0.4, -0.2) is 24.2 Å². The summed E-state index contributed by atoms with van der Waals surface area (Å²) in [5, 5.41) is 12.7. The van der Waals surface area contributed by atoms with Crippen molar-refractivity contribution in [2.75, 3.05) is 13.2 Å². The van der Waals surface area contributed by atoms with Crippen LogP contribution in [0, 0.1) is 11.8 Å². The third kappa shape index (κ3) is 3.71. The van der Waals surface area contributed by atoms with Gasteiger partial charge < -0.3 is 10.4 Å². The maximum atomic E-state index is 12.1. The number of hydrogen-bond acceptors (Lipinski definition) is 2. The average Bonchev–Trinajstić information content (AvgIpc) is 2.86. The van der Waals surface area contributed by atoms with Gasteiger partial charge in [0.25, 0.3) is 5.91 Å². The van der Waals surface area contributed by atoms with Gasteiger partial charge in [-0.2, -0.15) is 0 Å². The number of carbonyl (C=O) groups is 1. The molecule has 3 nitrogen and oxygen atoms in total. The summed E-state index contributed by atoms with van der Waals surface area (Å²) >= 11 is 9.25. The molecule has 104 valence electrons. The molecule has 1 amide bonds. The SMILES string of the molecule is O=C(NCC1CCCC1CO)c1cc(Cl)ccc1Br. The van der Waals surface area contributed by atoms with Gasteiger partial charge in [0, 0.05) is 22.6 Å². The molecule has 0 saturated heterocycles. The summed E-state index contributed by atoms with van der Waals surface area (Å²) in [5.41, 5.74) is 0.547. The van der Waals surface area contributed by atoms with E-state index in [4.69, 9.17) is 11.6 Å². The van der Waals surface area contributed by atoms with Gasteiger partial charge in [-0.1, -0.05) is 18.0 Å². The highest BCUT2D eigenvalue weighted by atomic mass is 79.9. The third-order valence-electron chi connectivity index (χ3n) is 3.75. The van der Waals surface area contributed by atoms with Crippen LogP contribution in [0.1, 0.15) is 29.6 Å². The first-order valence-electron chi connectivity index (χ1n) is 6.46. The van der Waals surface area contributed by atoms with Crippen LogP contribution in [0.4, 0.5) is 0 Å². The fourth-order valence-corrected chi connectivity index (χ4v) is 3.21. The third-order valence-corrected chi connectivity index (χ3v) is 4.68. The van der Waals surface area contributed by atoms with Gasteiger partial charge in [0.15, 0.2) is 0 Å². The van der Waals surface area contributed by atoms with Crippen molar-refractivity contribution in [1.82, 2.24) is 5.32 Å². The second-order valence-electron chi connectivity index (χ2n) is 4.97. The quantitative estimate of drug-likeness (QED) is 0.879. The van der Waals surface area contributed by atoms with E-state index in [1.54, 1.807) is 18.2 Å². The summed E-state index contributed by atoms with van der Waals surface area (Å²) in [6.45, 7) is 0.824. The molecule has 1 aromatic rings. The summed E-state index contributed by atoms with van der Waals surface area (Å²) in [6, 6.07) is 5.16. The minimum absolute atomic E-state index is 0.127. The van der Waals surface area contributed by atoms with Crippen LogP contribution >= 0.6 is 27.5 Å². The lowest BCUT2D eigenvalue weighted by atomic mass is 9.97. The van der Waals surface area contributed by atoms with E-state index in [1.807, 2.05) is 0 Å². The molecule has 2 atom stereocenters. The molecule has 1 fully saturated rings. The minimum Gasteiger partial charge on any atom is -0.396 e. The number of nitrogens with one attached hydrogen (secondary N) is 1. The molecule has 0 bridgehead atoms. The Morgan fingerprint density at radius 1 is 1.42 bits per heavy atom. The predicted octanol–water partition coefficient (Wildman–Crippen LogP) is 3.24. The lowest BCUT2D eigenvalue weighted by Gasteiger charge is -2.18. The molecule has 1 saturated carbocycles. The van der Waals surface area contributed by atoms with E-state index in [2.05, 4.69) is 21.2 Å². The van der Waals surface area contributed by atoms with Crippen LogP contribution in [0.15, 0.2) is 22.7 Å². The van der Waals surface area contributed by atoms with Crippen LogP contribution in [0.25, 0.3) is 0 Å². The summed E-state index contributed by atoms with van der Waals surface area (Å²) < 4.78 is 0.736. The van der Waals surface area contributed by atoms with Crippen molar-refractivity contribution < 1.29 is 9.90 Å². The normalized spacial score (nSPS) is 22.5. The zero-order valence-corrected chi connectivity index (χ0v) is 12.9. The Hall–Kier alpha value is -0.580. The zero-order chi connectivity index (χ0) is 13.8. The minimum atomic E-state index is -0.127. The molecule has 2 N–H and O–H groups in total. The van der Waals surface area contributed by atoms with Gasteiger partial charge in [-0.3, -0.25) is 4.79 Å². The molecule has 1 aliphatic rings. The number of rotatable bonds is 4. The van der Waals surface area contributed by atoms with Gasteiger partial charge in [-0.05, 0) is 58.8 Å². The number of hydrogen-bond donors (Lipinski definition) is 2. The van der Waals surface area contributed by atoms with Crippen molar-refractivity contribution in [1.29, 1.82) is 0 Å². The van der Waals surface area contributed by atoms with Crippen molar-refractivity contribution in [2.45, 2.75) is 19.3 Å². The Morgan fingerprint density at radius 2 is 2.16 bits per heavy atom. The Labute approximate surface area is 126 Å². The molecule has 5 heteroatoms. The fraction of sp³-hybridized carbons (Fsp3) is 0.500. The van der Waals surface area contributed by atoms with E-state index in [0.717, 1.165) is 23.7 Å². The van der Waals surface area contributed by atoms with Gasteiger partial charge in [0.2, 0.25) is 0 Å². The van der Waals surface area contributed by atoms with E-state index in [-0.39, 0.29) is 12.5 Å². The number of carbonyl (C=O) groups excluding carboxylic acids is 1. The highest BCUT2D eigenvalue weighted by Gasteiger charge is 2.27. The number of amides is 1. The van der Waals surface area contributed by atoms with Crippen LogP contribution < -0.4 is 5.32 Å². The Morgan fingerprint density at radius 3 is 2.89 bits per heavy atom. The highest BCUT2D eigenvalue weighted by molar-refractivity contribution is 9.10. The second kappa shape index (κ2) is 6.73. The summed E-state index contributed by atoms with van der Waals surface area (Å²) in [7, 11) is 0. The number of benzene rings is 1. The number of aliphatic hydroxyl groups is 1. The fourth-order valence-electron chi connectivity index (χ4n) is 2.61. The first kappa shape index (κ1) is 14.8. The monoisotopic (exact) mass is 345 g/mol. The molecule has 0 aliphatic heterocycles. The van der Waals surface area contributed by atoms with Gasteiger partial charge in [-0.25, -0.2) is 0 Å². The molecular formula is C14H17BrClNO2. The topological polar surface area (TPSA) is 49.3 Å². The summed E-state index contributed by atoms with van der Waals surface area (Å²) in [6.07, 6.45) is 3.26. The van der Waals surface area contributed by atoms with E-state index >= 15 is 0 Å². The molecule has 0 aromatic heterocycles. The molecule has 0 spiro atoms. The van der Waals surface area contributed by atoms with Crippen LogP contribution in [0.3, 0.4) is 0 Å². The smallest absolute Gasteiger partial charge is 0.252 e. The van der Waals surface area contributed by atoms with Gasteiger partial charge in [0.1, 0.15) is 0 Å². The first-order chi connectivity index (χ1) is 9.11. The van der Waals surface area contributed by atoms with E-state index in [0.29, 0.717) is 29.0 Å². The van der Waals surface area contributed by atoms with Crippen molar-refractivity contribution in [2.24, 2.45) is 11.8 Å². The van der Waals surface area contributed by atoms with Crippen molar-refractivity contribution in [3.63, 3.8) is 0 Å². The van der Waals surface area contributed by atoms with Gasteiger partial charge in [-0.15, -0.1) is 0 Å². The molecule has 2 rings (SSSR count). The second-order valence-corrected chi connectivity index (χ2v) is 6.26.